The van der Waals surface area contributed by atoms with Crippen molar-refractivity contribution in [3.8, 4) is 0 Å². The van der Waals surface area contributed by atoms with Gasteiger partial charge in [0.05, 0.1) is 0 Å². The summed E-state index contributed by atoms with van der Waals surface area (Å²) < 4.78 is 5.03. The first-order valence-corrected chi connectivity index (χ1v) is 6.73. The van der Waals surface area contributed by atoms with Gasteiger partial charge in [-0.1, -0.05) is 44.7 Å². The lowest BCUT2D eigenvalue weighted by Gasteiger charge is -2.19. The van der Waals surface area contributed by atoms with E-state index in [0.717, 1.165) is 12.1 Å². The molecule has 3 heteroatoms. The van der Waals surface area contributed by atoms with Crippen molar-refractivity contribution in [1.82, 2.24) is 0 Å². The van der Waals surface area contributed by atoms with E-state index in [0.29, 0.717) is 5.92 Å². The summed E-state index contributed by atoms with van der Waals surface area (Å²) in [6, 6.07) is 7.71. The van der Waals surface area contributed by atoms with Gasteiger partial charge >= 0.3 is 5.97 Å². The van der Waals surface area contributed by atoms with E-state index in [2.05, 4.69) is 31.8 Å². The fraction of sp³-hybridized carbons (Fsp3) is 0.438. The Morgan fingerprint density at radius 1 is 1.42 bits per heavy atom. The summed E-state index contributed by atoms with van der Waals surface area (Å²) in [7, 11) is 0. The number of rotatable bonds is 7. The first kappa shape index (κ1) is 15.3. The first-order chi connectivity index (χ1) is 9.10. The molecular formula is C16H23NO2. The zero-order chi connectivity index (χ0) is 14.3. The number of hydrogen-bond donors (Lipinski definition) is 1. The topological polar surface area (TPSA) is 38.3 Å². The van der Waals surface area contributed by atoms with Gasteiger partial charge in [0, 0.05) is 5.69 Å². The summed E-state index contributed by atoms with van der Waals surface area (Å²) in [5.74, 6) is 0.193. The van der Waals surface area contributed by atoms with Gasteiger partial charge in [0.15, 0.2) is 0 Å². The Balaban J connectivity index is 2.76. The minimum absolute atomic E-state index is 0.248. The summed E-state index contributed by atoms with van der Waals surface area (Å²) in [5, 5.41) is 3.23. The second-order valence-electron chi connectivity index (χ2n) is 4.68. The van der Waals surface area contributed by atoms with Crippen molar-refractivity contribution in [1.29, 1.82) is 0 Å². The van der Waals surface area contributed by atoms with Gasteiger partial charge in [-0.25, -0.2) is 4.79 Å². The third kappa shape index (κ3) is 4.43. The molecule has 0 radical (unpaired) electrons. The number of para-hydroxylation sites is 1. The third-order valence-electron chi connectivity index (χ3n) is 3.17. The lowest BCUT2D eigenvalue weighted by molar-refractivity contribution is -0.142. The van der Waals surface area contributed by atoms with Crippen LogP contribution >= 0.6 is 0 Å². The van der Waals surface area contributed by atoms with Crippen LogP contribution in [0.4, 0.5) is 5.69 Å². The van der Waals surface area contributed by atoms with Gasteiger partial charge in [-0.2, -0.15) is 0 Å². The molecule has 0 fully saturated rings. The van der Waals surface area contributed by atoms with Gasteiger partial charge in [-0.15, -0.1) is 0 Å². The molecule has 19 heavy (non-hydrogen) atoms. The molecule has 0 aliphatic rings. The van der Waals surface area contributed by atoms with E-state index in [1.54, 1.807) is 13.0 Å². The molecule has 0 aromatic heterocycles. The fourth-order valence-electron chi connectivity index (χ4n) is 1.84. The molecule has 0 saturated heterocycles. The number of esters is 1. The van der Waals surface area contributed by atoms with Crippen molar-refractivity contribution in [2.45, 2.75) is 39.2 Å². The highest BCUT2D eigenvalue weighted by atomic mass is 16.5. The quantitative estimate of drug-likeness (QED) is 0.600. The van der Waals surface area contributed by atoms with Crippen LogP contribution in [0.25, 0.3) is 0 Å². The van der Waals surface area contributed by atoms with E-state index in [-0.39, 0.29) is 18.6 Å². The molecule has 2 atom stereocenters. The van der Waals surface area contributed by atoms with Gasteiger partial charge in [0.2, 0.25) is 0 Å². The Hall–Kier alpha value is -1.77. The maximum Gasteiger partial charge on any atom is 0.328 e. The van der Waals surface area contributed by atoms with Crippen molar-refractivity contribution in [3.05, 3.63) is 42.5 Å². The van der Waals surface area contributed by atoms with Crippen LogP contribution in [-0.2, 0) is 9.53 Å². The van der Waals surface area contributed by atoms with Gasteiger partial charge in [0.25, 0.3) is 0 Å². The summed E-state index contributed by atoms with van der Waals surface area (Å²) in [5.41, 5.74) is 2.23. The lowest BCUT2D eigenvalue weighted by Crippen LogP contribution is -2.28. The number of anilines is 1. The van der Waals surface area contributed by atoms with Crippen LogP contribution in [-0.4, -0.2) is 18.6 Å². The minimum Gasteiger partial charge on any atom is -0.460 e. The van der Waals surface area contributed by atoms with E-state index in [9.17, 15) is 4.79 Å². The zero-order valence-corrected chi connectivity index (χ0v) is 12.0. The summed E-state index contributed by atoms with van der Waals surface area (Å²) in [6.07, 6.45) is 2.63. The van der Waals surface area contributed by atoms with Crippen LogP contribution in [0, 0.1) is 0 Å². The molecule has 0 aliphatic heterocycles. The molecular weight excluding hydrogens is 238 g/mol. The number of benzene rings is 1. The van der Waals surface area contributed by atoms with Crippen LogP contribution < -0.4 is 5.32 Å². The SMILES string of the molecule is C=CCOC(=O)[C@H](C)Nc1ccccc1C(C)CC. The van der Waals surface area contributed by atoms with Crippen LogP contribution in [0.3, 0.4) is 0 Å². The van der Waals surface area contributed by atoms with Crippen molar-refractivity contribution >= 4 is 11.7 Å². The van der Waals surface area contributed by atoms with Crippen LogP contribution in [0.15, 0.2) is 36.9 Å². The highest BCUT2D eigenvalue weighted by Gasteiger charge is 2.16. The number of carbonyl (C=O) groups excluding carboxylic acids is 1. The van der Waals surface area contributed by atoms with E-state index in [1.165, 1.54) is 5.56 Å². The normalized spacial score (nSPS) is 13.4. The van der Waals surface area contributed by atoms with Crippen molar-refractivity contribution in [2.24, 2.45) is 0 Å². The summed E-state index contributed by atoms with van der Waals surface area (Å²) in [4.78, 5) is 11.7. The van der Waals surface area contributed by atoms with Gasteiger partial charge < -0.3 is 10.1 Å². The molecule has 3 nitrogen and oxygen atoms in total. The molecule has 104 valence electrons. The second-order valence-corrected chi connectivity index (χ2v) is 4.68. The third-order valence-corrected chi connectivity index (χ3v) is 3.17. The molecule has 0 amide bonds. The Morgan fingerprint density at radius 3 is 2.74 bits per heavy atom. The predicted octanol–water partition coefficient (Wildman–Crippen LogP) is 3.73. The van der Waals surface area contributed by atoms with Crippen LogP contribution in [0.1, 0.15) is 38.7 Å². The minimum atomic E-state index is -0.370. The Kier molecular flexibility index (Phi) is 6.13. The average Bonchev–Trinajstić information content (AvgIpc) is 2.44. The smallest absolute Gasteiger partial charge is 0.328 e. The van der Waals surface area contributed by atoms with E-state index in [1.807, 2.05) is 18.2 Å². The molecule has 1 aromatic rings. The standard InChI is InChI=1S/C16H23NO2/c1-5-11-19-16(18)13(4)17-15-10-8-7-9-14(15)12(3)6-2/h5,7-10,12-13,17H,1,6,11H2,2-4H3/t12?,13-/m0/s1. The monoisotopic (exact) mass is 261 g/mol. The maximum atomic E-state index is 11.7. The van der Waals surface area contributed by atoms with E-state index < -0.39 is 0 Å². The molecule has 0 heterocycles. The Labute approximate surface area is 115 Å². The summed E-state index contributed by atoms with van der Waals surface area (Å²) >= 11 is 0. The Morgan fingerprint density at radius 2 is 2.11 bits per heavy atom. The number of nitrogens with one attached hydrogen (secondary N) is 1. The first-order valence-electron chi connectivity index (χ1n) is 6.73. The van der Waals surface area contributed by atoms with Crippen molar-refractivity contribution in [3.63, 3.8) is 0 Å². The number of carbonyl (C=O) groups is 1. The molecule has 0 aliphatic carbocycles. The molecule has 0 spiro atoms. The van der Waals surface area contributed by atoms with Crippen molar-refractivity contribution < 1.29 is 9.53 Å². The molecule has 1 unspecified atom stereocenters. The molecule has 1 aromatic carbocycles. The van der Waals surface area contributed by atoms with E-state index in [4.69, 9.17) is 4.74 Å². The molecule has 1 N–H and O–H groups in total. The van der Waals surface area contributed by atoms with Gasteiger partial charge in [-0.05, 0) is 30.9 Å². The summed E-state index contributed by atoms with van der Waals surface area (Å²) in [6.45, 7) is 9.92. The van der Waals surface area contributed by atoms with Gasteiger partial charge in [-0.3, -0.25) is 0 Å². The fourth-order valence-corrected chi connectivity index (χ4v) is 1.84. The second kappa shape index (κ2) is 7.62. The lowest BCUT2D eigenvalue weighted by atomic mass is 9.96. The zero-order valence-electron chi connectivity index (χ0n) is 12.0. The Bertz CT molecular complexity index is 429. The predicted molar refractivity (Wildman–Crippen MR) is 79.4 cm³/mol. The highest BCUT2D eigenvalue weighted by molar-refractivity contribution is 5.79. The van der Waals surface area contributed by atoms with Crippen molar-refractivity contribution in [2.75, 3.05) is 11.9 Å². The average molecular weight is 261 g/mol. The molecule has 0 bridgehead atoms. The molecule has 1 rings (SSSR count). The number of ether oxygens (including phenoxy) is 1. The largest absolute Gasteiger partial charge is 0.460 e. The van der Waals surface area contributed by atoms with Gasteiger partial charge in [0.1, 0.15) is 12.6 Å². The maximum absolute atomic E-state index is 11.7. The van der Waals surface area contributed by atoms with Crippen LogP contribution in [0.2, 0.25) is 0 Å². The molecule has 0 saturated carbocycles. The highest BCUT2D eigenvalue weighted by Crippen LogP contribution is 2.26. The number of hydrogen-bond acceptors (Lipinski definition) is 3. The van der Waals surface area contributed by atoms with E-state index >= 15 is 0 Å². The van der Waals surface area contributed by atoms with Crippen LogP contribution in [0.5, 0.6) is 0 Å².